The van der Waals surface area contributed by atoms with Crippen LogP contribution in [0.4, 0.5) is 39.8 Å². The van der Waals surface area contributed by atoms with E-state index in [1.165, 1.54) is 0 Å². The predicted octanol–water partition coefficient (Wildman–Crippen LogP) is 8.57. The van der Waals surface area contributed by atoms with Crippen LogP contribution in [0.5, 0.6) is 0 Å². The number of para-hydroxylation sites is 4. The van der Waals surface area contributed by atoms with E-state index in [0.29, 0.717) is 22.7 Å². The summed E-state index contributed by atoms with van der Waals surface area (Å²) in [6, 6.07) is 43.6. The molecule has 0 aliphatic rings. The molecule has 0 aliphatic heterocycles. The fourth-order valence-corrected chi connectivity index (χ4v) is 4.52. The number of nitrogens with one attached hydrogen (secondary N) is 2. The standard InChI is InChI=1S/C33H22N10/c34-21-28-31(38-41-37)29(22-35)33(40-43(26-17-9-3-10-18-26)27-19-11-4-12-20-27)30(23-36)32(28)39-42(24-13-5-1-6-14-24)25-15-7-2-8-16-25/h1-20,39-40H. The van der Waals surface area contributed by atoms with Gasteiger partial charge in [0.25, 0.3) is 0 Å². The SMILES string of the molecule is N#Cc1c(N=[N+]=[N-])c(C#N)c(NN(c2ccccc2)c2ccccc2)c(C#N)c1NN(c1ccccc1)c1ccccc1. The minimum absolute atomic E-state index is 0.0290. The Morgan fingerprint density at radius 3 is 1.07 bits per heavy atom. The molecule has 0 bridgehead atoms. The van der Waals surface area contributed by atoms with Crippen LogP contribution in [0.2, 0.25) is 0 Å². The molecule has 0 atom stereocenters. The van der Waals surface area contributed by atoms with Crippen molar-refractivity contribution >= 4 is 39.8 Å². The van der Waals surface area contributed by atoms with Crippen molar-refractivity contribution in [2.75, 3.05) is 20.9 Å². The van der Waals surface area contributed by atoms with Gasteiger partial charge in [0.15, 0.2) is 0 Å². The quantitative estimate of drug-likeness (QED) is 0.0795. The lowest BCUT2D eigenvalue weighted by Crippen LogP contribution is -2.28. The molecule has 0 spiro atoms. The molecular formula is C33H22N10. The van der Waals surface area contributed by atoms with Crippen LogP contribution in [-0.4, -0.2) is 0 Å². The van der Waals surface area contributed by atoms with Gasteiger partial charge in [-0.05, 0) is 54.1 Å². The van der Waals surface area contributed by atoms with Gasteiger partial charge >= 0.3 is 0 Å². The number of azide groups is 1. The maximum Gasteiger partial charge on any atom is 0.105 e. The zero-order valence-electron chi connectivity index (χ0n) is 22.6. The second-order valence-electron chi connectivity index (χ2n) is 8.99. The summed E-state index contributed by atoms with van der Waals surface area (Å²) >= 11 is 0. The first kappa shape index (κ1) is 27.6. The van der Waals surface area contributed by atoms with E-state index in [1.807, 2.05) is 121 Å². The van der Waals surface area contributed by atoms with Crippen LogP contribution in [0.3, 0.4) is 0 Å². The van der Waals surface area contributed by atoms with Crippen LogP contribution in [0, 0.1) is 34.0 Å². The molecular weight excluding hydrogens is 536 g/mol. The van der Waals surface area contributed by atoms with Crippen LogP contribution in [0.25, 0.3) is 10.4 Å². The summed E-state index contributed by atoms with van der Waals surface area (Å²) in [7, 11) is 0. The van der Waals surface area contributed by atoms with Gasteiger partial charge in [-0.15, -0.1) is 0 Å². The maximum absolute atomic E-state index is 10.6. The molecule has 10 nitrogen and oxygen atoms in total. The van der Waals surface area contributed by atoms with Crippen molar-refractivity contribution in [2.45, 2.75) is 0 Å². The molecule has 0 aromatic heterocycles. The zero-order valence-corrected chi connectivity index (χ0v) is 22.6. The summed E-state index contributed by atoms with van der Waals surface area (Å²) in [6.07, 6.45) is 0. The highest BCUT2D eigenvalue weighted by Gasteiger charge is 2.27. The lowest BCUT2D eigenvalue weighted by molar-refractivity contribution is 1.13. The molecule has 43 heavy (non-hydrogen) atoms. The Kier molecular flexibility index (Phi) is 8.33. The summed E-state index contributed by atoms with van der Waals surface area (Å²) in [5.41, 5.74) is 18.3. The van der Waals surface area contributed by atoms with Crippen molar-refractivity contribution in [3.63, 3.8) is 0 Å². The zero-order chi connectivity index (χ0) is 30.0. The highest BCUT2D eigenvalue weighted by atomic mass is 15.5. The highest BCUT2D eigenvalue weighted by molar-refractivity contribution is 5.91. The Bertz CT molecular complexity index is 1700. The first-order valence-electron chi connectivity index (χ1n) is 13.0. The van der Waals surface area contributed by atoms with E-state index in [2.05, 4.69) is 39.1 Å². The lowest BCUT2D eigenvalue weighted by Gasteiger charge is -2.31. The van der Waals surface area contributed by atoms with Crippen LogP contribution < -0.4 is 20.9 Å². The molecule has 5 rings (SSSR count). The smallest absolute Gasteiger partial charge is 0.105 e. The number of hydrogen-bond donors (Lipinski definition) is 2. The van der Waals surface area contributed by atoms with Gasteiger partial charge in [0.1, 0.15) is 23.8 Å². The minimum Gasteiger partial charge on any atom is -0.291 e. The van der Waals surface area contributed by atoms with E-state index >= 15 is 0 Å². The van der Waals surface area contributed by atoms with Crippen LogP contribution >= 0.6 is 0 Å². The summed E-state index contributed by atoms with van der Waals surface area (Å²) in [6.45, 7) is 0. The second kappa shape index (κ2) is 13.0. The van der Waals surface area contributed by atoms with E-state index in [9.17, 15) is 21.3 Å². The van der Waals surface area contributed by atoms with Crippen molar-refractivity contribution in [2.24, 2.45) is 5.11 Å². The number of nitriles is 3. The van der Waals surface area contributed by atoms with Crippen molar-refractivity contribution < 1.29 is 0 Å². The largest absolute Gasteiger partial charge is 0.291 e. The summed E-state index contributed by atoms with van der Waals surface area (Å²) < 4.78 is 0. The molecule has 10 heteroatoms. The molecule has 0 saturated heterocycles. The number of hydrazine groups is 2. The Hall–Kier alpha value is -6.92. The summed E-state index contributed by atoms with van der Waals surface area (Å²) in [4.78, 5) is 2.91. The maximum atomic E-state index is 10.6. The molecule has 0 aliphatic carbocycles. The third kappa shape index (κ3) is 5.70. The van der Waals surface area contributed by atoms with Gasteiger partial charge in [-0.3, -0.25) is 20.9 Å². The second-order valence-corrected chi connectivity index (χ2v) is 8.99. The molecule has 0 unspecified atom stereocenters. The lowest BCUT2D eigenvalue weighted by atomic mass is 9.98. The average molecular weight is 559 g/mol. The number of nitrogens with zero attached hydrogens (tertiary/aromatic N) is 8. The van der Waals surface area contributed by atoms with Gasteiger partial charge in [0.05, 0.1) is 50.9 Å². The van der Waals surface area contributed by atoms with E-state index in [4.69, 9.17) is 0 Å². The normalized spacial score (nSPS) is 9.79. The molecule has 0 heterocycles. The van der Waals surface area contributed by atoms with Crippen LogP contribution in [-0.2, 0) is 0 Å². The number of anilines is 6. The fourth-order valence-electron chi connectivity index (χ4n) is 4.52. The molecule has 2 N–H and O–H groups in total. The predicted molar refractivity (Wildman–Crippen MR) is 167 cm³/mol. The first-order valence-corrected chi connectivity index (χ1v) is 13.0. The van der Waals surface area contributed by atoms with Crippen molar-refractivity contribution in [3.05, 3.63) is 148 Å². The topological polar surface area (TPSA) is 151 Å². The molecule has 5 aromatic rings. The number of benzene rings is 5. The Morgan fingerprint density at radius 2 is 0.814 bits per heavy atom. The molecule has 0 amide bonds. The summed E-state index contributed by atoms with van der Waals surface area (Å²) in [5.74, 6) is 0. The summed E-state index contributed by atoms with van der Waals surface area (Å²) in [5, 5.41) is 38.4. The Labute approximate surface area is 248 Å². The molecule has 0 fully saturated rings. The average Bonchev–Trinajstić information content (AvgIpc) is 3.07. The molecule has 0 radical (unpaired) electrons. The molecule has 204 valence electrons. The van der Waals surface area contributed by atoms with Gasteiger partial charge in [-0.25, -0.2) is 0 Å². The van der Waals surface area contributed by atoms with E-state index in [1.54, 1.807) is 10.0 Å². The van der Waals surface area contributed by atoms with Gasteiger partial charge in [-0.1, -0.05) is 77.9 Å². The van der Waals surface area contributed by atoms with Gasteiger partial charge in [0, 0.05) is 4.91 Å². The van der Waals surface area contributed by atoms with E-state index < -0.39 is 0 Å². The van der Waals surface area contributed by atoms with Crippen molar-refractivity contribution in [1.82, 2.24) is 0 Å². The van der Waals surface area contributed by atoms with Crippen molar-refractivity contribution in [1.29, 1.82) is 15.8 Å². The fraction of sp³-hybridized carbons (Fsp3) is 0. The van der Waals surface area contributed by atoms with Crippen LogP contribution in [0.1, 0.15) is 16.7 Å². The number of hydrogen-bond acceptors (Lipinski definition) is 8. The monoisotopic (exact) mass is 558 g/mol. The Morgan fingerprint density at radius 1 is 0.512 bits per heavy atom. The Balaban J connectivity index is 1.78. The molecule has 5 aromatic carbocycles. The molecule has 0 saturated carbocycles. The van der Waals surface area contributed by atoms with Crippen molar-refractivity contribution in [3.8, 4) is 18.2 Å². The third-order valence-corrected chi connectivity index (χ3v) is 6.46. The highest BCUT2D eigenvalue weighted by Crippen LogP contribution is 2.43. The van der Waals surface area contributed by atoms with E-state index in [0.717, 1.165) is 0 Å². The van der Waals surface area contributed by atoms with Gasteiger partial charge < -0.3 is 0 Å². The van der Waals surface area contributed by atoms with Gasteiger partial charge in [0.2, 0.25) is 0 Å². The number of rotatable bonds is 9. The minimum atomic E-state index is -0.210. The van der Waals surface area contributed by atoms with Crippen LogP contribution in [0.15, 0.2) is 126 Å². The van der Waals surface area contributed by atoms with E-state index in [-0.39, 0.29) is 33.8 Å². The third-order valence-electron chi connectivity index (χ3n) is 6.46. The van der Waals surface area contributed by atoms with Gasteiger partial charge in [-0.2, -0.15) is 15.8 Å². The first-order chi connectivity index (χ1) is 21.2.